The summed E-state index contributed by atoms with van der Waals surface area (Å²) in [5.41, 5.74) is 2.76. The van der Waals surface area contributed by atoms with Gasteiger partial charge in [-0.05, 0) is 37.3 Å². The van der Waals surface area contributed by atoms with Crippen LogP contribution in [-0.2, 0) is 6.54 Å². The van der Waals surface area contributed by atoms with Gasteiger partial charge in [0.05, 0.1) is 30.5 Å². The highest BCUT2D eigenvalue weighted by molar-refractivity contribution is 7.20. The Labute approximate surface area is 172 Å². The third-order valence-corrected chi connectivity index (χ3v) is 5.81. The van der Waals surface area contributed by atoms with Gasteiger partial charge in [-0.1, -0.05) is 18.2 Å². The second-order valence-corrected chi connectivity index (χ2v) is 7.55. The number of aryl methyl sites for hydroxylation is 1. The van der Waals surface area contributed by atoms with Crippen LogP contribution in [0.5, 0.6) is 11.5 Å². The average Bonchev–Trinajstić information content (AvgIpc) is 3.33. The molecule has 0 unspecified atom stereocenters. The molecule has 0 bridgehead atoms. The van der Waals surface area contributed by atoms with Crippen molar-refractivity contribution in [3.63, 3.8) is 0 Å². The van der Waals surface area contributed by atoms with Crippen molar-refractivity contribution in [1.82, 2.24) is 15.1 Å². The molecule has 0 saturated heterocycles. The van der Waals surface area contributed by atoms with Crippen molar-refractivity contribution in [3.05, 3.63) is 70.7 Å². The number of carbonyl (C=O) groups is 1. The number of nitrogens with one attached hydrogen (secondary N) is 1. The normalized spacial score (nSPS) is 10.9. The Morgan fingerprint density at radius 1 is 1.10 bits per heavy atom. The SMILES string of the molecule is COc1ccc(CNC(=O)c2cc3c(C)nn(-c4ccccc4)c3s2)c(OC)c1. The number of methoxy groups -OCH3 is 2. The number of fused-ring (bicyclic) bond motifs is 1. The summed E-state index contributed by atoms with van der Waals surface area (Å²) in [6, 6.07) is 17.4. The van der Waals surface area contributed by atoms with Crippen LogP contribution >= 0.6 is 11.3 Å². The summed E-state index contributed by atoms with van der Waals surface area (Å²) >= 11 is 1.44. The number of nitrogens with zero attached hydrogens (tertiary/aromatic N) is 2. The Balaban J connectivity index is 1.57. The molecular weight excluding hydrogens is 386 g/mol. The zero-order chi connectivity index (χ0) is 20.4. The van der Waals surface area contributed by atoms with E-state index in [1.807, 2.05) is 60.1 Å². The fourth-order valence-corrected chi connectivity index (χ4v) is 4.26. The molecule has 148 valence electrons. The molecule has 2 heterocycles. The lowest BCUT2D eigenvalue weighted by atomic mass is 10.2. The number of thiophene rings is 1. The molecule has 4 rings (SSSR count). The van der Waals surface area contributed by atoms with E-state index < -0.39 is 0 Å². The summed E-state index contributed by atoms with van der Waals surface area (Å²) in [7, 11) is 3.21. The molecule has 6 nitrogen and oxygen atoms in total. The first kappa shape index (κ1) is 19.0. The summed E-state index contributed by atoms with van der Waals surface area (Å²) in [6.45, 7) is 2.32. The van der Waals surface area contributed by atoms with Crippen molar-refractivity contribution < 1.29 is 14.3 Å². The molecule has 0 spiro atoms. The average molecular weight is 407 g/mol. The maximum absolute atomic E-state index is 12.8. The minimum absolute atomic E-state index is 0.122. The molecule has 0 aliphatic rings. The first-order chi connectivity index (χ1) is 14.1. The van der Waals surface area contributed by atoms with Gasteiger partial charge in [-0.15, -0.1) is 11.3 Å². The summed E-state index contributed by atoms with van der Waals surface area (Å²) < 4.78 is 12.5. The number of rotatable bonds is 6. The molecule has 0 aliphatic carbocycles. The Hall–Kier alpha value is -3.32. The van der Waals surface area contributed by atoms with Crippen LogP contribution in [0.15, 0.2) is 54.6 Å². The van der Waals surface area contributed by atoms with Crippen molar-refractivity contribution >= 4 is 27.5 Å². The molecule has 0 aliphatic heterocycles. The largest absolute Gasteiger partial charge is 0.497 e. The monoisotopic (exact) mass is 407 g/mol. The summed E-state index contributed by atoms with van der Waals surface area (Å²) in [6.07, 6.45) is 0. The quantitative estimate of drug-likeness (QED) is 0.516. The first-order valence-electron chi connectivity index (χ1n) is 9.14. The van der Waals surface area contributed by atoms with Crippen molar-refractivity contribution in [1.29, 1.82) is 0 Å². The highest BCUT2D eigenvalue weighted by Gasteiger charge is 2.17. The number of aromatic nitrogens is 2. The third kappa shape index (κ3) is 3.69. The van der Waals surface area contributed by atoms with Crippen LogP contribution in [0.3, 0.4) is 0 Å². The van der Waals surface area contributed by atoms with E-state index in [0.717, 1.165) is 27.2 Å². The fraction of sp³-hybridized carbons (Fsp3) is 0.182. The lowest BCUT2D eigenvalue weighted by molar-refractivity contribution is 0.0955. The second-order valence-electron chi connectivity index (χ2n) is 6.52. The summed E-state index contributed by atoms with van der Waals surface area (Å²) in [5, 5.41) is 8.59. The van der Waals surface area contributed by atoms with E-state index in [9.17, 15) is 4.79 Å². The maximum atomic E-state index is 12.8. The zero-order valence-electron chi connectivity index (χ0n) is 16.4. The molecule has 2 aromatic carbocycles. The molecule has 7 heteroatoms. The Morgan fingerprint density at radius 3 is 2.62 bits per heavy atom. The lowest BCUT2D eigenvalue weighted by Crippen LogP contribution is -2.22. The lowest BCUT2D eigenvalue weighted by Gasteiger charge is -2.11. The Bertz CT molecular complexity index is 1160. The number of carbonyl (C=O) groups excluding carboxylic acids is 1. The van der Waals surface area contributed by atoms with E-state index in [4.69, 9.17) is 9.47 Å². The minimum atomic E-state index is -0.122. The van der Waals surface area contributed by atoms with Crippen LogP contribution in [0.1, 0.15) is 20.9 Å². The van der Waals surface area contributed by atoms with Crippen LogP contribution in [-0.4, -0.2) is 29.9 Å². The van der Waals surface area contributed by atoms with E-state index in [2.05, 4.69) is 10.4 Å². The van der Waals surface area contributed by atoms with E-state index in [1.54, 1.807) is 20.3 Å². The molecule has 0 atom stereocenters. The molecule has 0 fully saturated rings. The van der Waals surface area contributed by atoms with Crippen molar-refractivity contribution in [2.45, 2.75) is 13.5 Å². The van der Waals surface area contributed by atoms with Crippen LogP contribution in [0, 0.1) is 6.92 Å². The molecule has 0 radical (unpaired) electrons. The third-order valence-electron chi connectivity index (χ3n) is 4.70. The summed E-state index contributed by atoms with van der Waals surface area (Å²) in [5.74, 6) is 1.27. The van der Waals surface area contributed by atoms with Crippen molar-refractivity contribution in [2.75, 3.05) is 14.2 Å². The molecule has 0 saturated carbocycles. The number of para-hydroxylation sites is 1. The van der Waals surface area contributed by atoms with Crippen molar-refractivity contribution in [2.24, 2.45) is 0 Å². The molecule has 2 aromatic heterocycles. The molecular formula is C22H21N3O3S. The van der Waals surface area contributed by atoms with Gasteiger partial charge in [-0.2, -0.15) is 5.10 Å². The van der Waals surface area contributed by atoms with Gasteiger partial charge in [-0.3, -0.25) is 4.79 Å². The Morgan fingerprint density at radius 2 is 1.90 bits per heavy atom. The maximum Gasteiger partial charge on any atom is 0.261 e. The van der Waals surface area contributed by atoms with Crippen LogP contribution < -0.4 is 14.8 Å². The van der Waals surface area contributed by atoms with E-state index in [-0.39, 0.29) is 5.91 Å². The number of benzene rings is 2. The van der Waals surface area contributed by atoms with Gasteiger partial charge in [0, 0.05) is 23.6 Å². The predicted octanol–water partition coefficient (Wildman–Crippen LogP) is 4.34. The minimum Gasteiger partial charge on any atom is -0.497 e. The van der Waals surface area contributed by atoms with Gasteiger partial charge < -0.3 is 14.8 Å². The van der Waals surface area contributed by atoms with E-state index >= 15 is 0 Å². The van der Waals surface area contributed by atoms with Gasteiger partial charge in [0.25, 0.3) is 5.91 Å². The van der Waals surface area contributed by atoms with Gasteiger partial charge in [-0.25, -0.2) is 4.68 Å². The van der Waals surface area contributed by atoms with Crippen LogP contribution in [0.2, 0.25) is 0 Å². The van der Waals surface area contributed by atoms with Gasteiger partial charge in [0.2, 0.25) is 0 Å². The highest BCUT2D eigenvalue weighted by atomic mass is 32.1. The highest BCUT2D eigenvalue weighted by Crippen LogP contribution is 2.30. The molecule has 4 aromatic rings. The van der Waals surface area contributed by atoms with Gasteiger partial charge >= 0.3 is 0 Å². The number of hydrogen-bond donors (Lipinski definition) is 1. The zero-order valence-corrected chi connectivity index (χ0v) is 17.2. The van der Waals surface area contributed by atoms with Gasteiger partial charge in [0.1, 0.15) is 16.3 Å². The first-order valence-corrected chi connectivity index (χ1v) is 9.96. The molecule has 1 amide bonds. The number of amides is 1. The smallest absolute Gasteiger partial charge is 0.261 e. The Kier molecular flexibility index (Phi) is 5.22. The number of ether oxygens (including phenoxy) is 2. The van der Waals surface area contributed by atoms with Crippen LogP contribution in [0.25, 0.3) is 15.9 Å². The standard InChI is InChI=1S/C22H21N3O3S/c1-14-18-12-20(29-22(18)25(24-14)16-7-5-4-6-8-16)21(26)23-13-15-9-10-17(27-2)11-19(15)28-3/h4-12H,13H2,1-3H3,(H,23,26). The summed E-state index contributed by atoms with van der Waals surface area (Å²) in [4.78, 5) is 14.4. The predicted molar refractivity (Wildman–Crippen MR) is 114 cm³/mol. The second kappa shape index (κ2) is 7.97. The molecule has 1 N–H and O–H groups in total. The topological polar surface area (TPSA) is 65.4 Å². The molecule has 29 heavy (non-hydrogen) atoms. The van der Waals surface area contributed by atoms with E-state index in [1.165, 1.54) is 11.3 Å². The fourth-order valence-electron chi connectivity index (χ4n) is 3.16. The van der Waals surface area contributed by atoms with Crippen molar-refractivity contribution in [3.8, 4) is 17.2 Å². The number of hydrogen-bond acceptors (Lipinski definition) is 5. The van der Waals surface area contributed by atoms with Crippen LogP contribution in [0.4, 0.5) is 0 Å². The van der Waals surface area contributed by atoms with Gasteiger partial charge in [0.15, 0.2) is 0 Å². The van der Waals surface area contributed by atoms with E-state index in [0.29, 0.717) is 22.9 Å².